The zero-order chi connectivity index (χ0) is 15.4. The van der Waals surface area contributed by atoms with Gasteiger partial charge in [-0.15, -0.1) is 0 Å². The molecular weight excluding hydrogens is 336 g/mol. The van der Waals surface area contributed by atoms with Gasteiger partial charge < -0.3 is 20.5 Å². The van der Waals surface area contributed by atoms with Gasteiger partial charge in [-0.2, -0.15) is 0 Å². The average molecular weight is 351 g/mol. The second-order valence-corrected chi connectivity index (χ2v) is 5.11. The van der Waals surface area contributed by atoms with E-state index in [1.807, 2.05) is 0 Å². The Morgan fingerprint density at radius 2 is 1.81 bits per heavy atom. The van der Waals surface area contributed by atoms with E-state index in [0.717, 1.165) is 4.47 Å². The van der Waals surface area contributed by atoms with Gasteiger partial charge in [0.25, 0.3) is 5.91 Å². The minimum Gasteiger partial charge on any atom is -0.493 e. The largest absolute Gasteiger partial charge is 0.493 e. The van der Waals surface area contributed by atoms with Crippen LogP contribution in [0, 0.1) is 0 Å². The van der Waals surface area contributed by atoms with Gasteiger partial charge >= 0.3 is 0 Å². The highest BCUT2D eigenvalue weighted by molar-refractivity contribution is 9.10. The summed E-state index contributed by atoms with van der Waals surface area (Å²) in [6, 6.07) is 10.2. The molecule has 2 aromatic rings. The van der Waals surface area contributed by atoms with Crippen molar-refractivity contribution < 1.29 is 14.3 Å². The van der Waals surface area contributed by atoms with Gasteiger partial charge in [0.2, 0.25) is 0 Å². The van der Waals surface area contributed by atoms with Gasteiger partial charge in [0, 0.05) is 21.4 Å². The molecule has 0 aromatic heterocycles. The summed E-state index contributed by atoms with van der Waals surface area (Å²) in [6.07, 6.45) is 0. The predicted molar refractivity (Wildman–Crippen MR) is 86.1 cm³/mol. The second-order valence-electron chi connectivity index (χ2n) is 4.26. The number of benzene rings is 2. The average Bonchev–Trinajstić information content (AvgIpc) is 2.50. The third kappa shape index (κ3) is 3.46. The lowest BCUT2D eigenvalue weighted by Crippen LogP contribution is -2.12. The van der Waals surface area contributed by atoms with Gasteiger partial charge in [0.1, 0.15) is 0 Å². The van der Waals surface area contributed by atoms with Gasteiger partial charge in [-0.1, -0.05) is 0 Å². The van der Waals surface area contributed by atoms with Crippen molar-refractivity contribution in [1.82, 2.24) is 0 Å². The maximum absolute atomic E-state index is 12.2. The first-order valence-corrected chi connectivity index (χ1v) is 6.93. The highest BCUT2D eigenvalue weighted by Crippen LogP contribution is 2.28. The SMILES string of the molecule is COc1ccc(C(=O)Nc2ccc(Br)c(N)c2)cc1OC. The molecule has 0 fully saturated rings. The van der Waals surface area contributed by atoms with Crippen LogP contribution in [-0.2, 0) is 0 Å². The number of ether oxygens (including phenoxy) is 2. The molecule has 5 nitrogen and oxygen atoms in total. The fourth-order valence-corrected chi connectivity index (χ4v) is 2.05. The number of hydrogen-bond donors (Lipinski definition) is 2. The van der Waals surface area contributed by atoms with Gasteiger partial charge in [0.05, 0.1) is 14.2 Å². The normalized spacial score (nSPS) is 10.0. The number of rotatable bonds is 4. The second kappa shape index (κ2) is 6.49. The number of hydrogen-bond acceptors (Lipinski definition) is 4. The number of carbonyl (C=O) groups is 1. The molecule has 1 amide bonds. The van der Waals surface area contributed by atoms with E-state index in [0.29, 0.717) is 28.4 Å². The Kier molecular flexibility index (Phi) is 4.70. The highest BCUT2D eigenvalue weighted by Gasteiger charge is 2.11. The van der Waals surface area contributed by atoms with Crippen LogP contribution in [-0.4, -0.2) is 20.1 Å². The van der Waals surface area contributed by atoms with E-state index in [1.54, 1.807) is 43.5 Å². The van der Waals surface area contributed by atoms with Crippen LogP contribution in [0.2, 0.25) is 0 Å². The Morgan fingerprint density at radius 3 is 2.43 bits per heavy atom. The number of methoxy groups -OCH3 is 2. The molecule has 0 aliphatic carbocycles. The number of carbonyl (C=O) groups excluding carboxylic acids is 1. The number of anilines is 2. The van der Waals surface area contributed by atoms with Gasteiger partial charge in [-0.05, 0) is 52.3 Å². The molecule has 110 valence electrons. The molecule has 21 heavy (non-hydrogen) atoms. The molecule has 0 aliphatic heterocycles. The first kappa shape index (κ1) is 15.2. The minimum absolute atomic E-state index is 0.252. The van der Waals surface area contributed by atoms with E-state index in [1.165, 1.54) is 7.11 Å². The van der Waals surface area contributed by atoms with Crippen molar-refractivity contribution in [3.8, 4) is 11.5 Å². The molecule has 0 bridgehead atoms. The summed E-state index contributed by atoms with van der Waals surface area (Å²) in [7, 11) is 3.07. The van der Waals surface area contributed by atoms with Crippen molar-refractivity contribution in [2.24, 2.45) is 0 Å². The Balaban J connectivity index is 2.21. The van der Waals surface area contributed by atoms with Crippen molar-refractivity contribution in [2.45, 2.75) is 0 Å². The molecule has 0 aliphatic rings. The van der Waals surface area contributed by atoms with Crippen molar-refractivity contribution >= 4 is 33.2 Å². The number of amides is 1. The van der Waals surface area contributed by atoms with Crippen molar-refractivity contribution in [2.75, 3.05) is 25.3 Å². The van der Waals surface area contributed by atoms with Crippen LogP contribution in [0.5, 0.6) is 11.5 Å². The zero-order valence-electron chi connectivity index (χ0n) is 11.6. The Bertz CT molecular complexity index is 674. The van der Waals surface area contributed by atoms with Gasteiger partial charge in [-0.3, -0.25) is 4.79 Å². The first-order valence-electron chi connectivity index (χ1n) is 6.13. The Hall–Kier alpha value is -2.21. The van der Waals surface area contributed by atoms with Crippen LogP contribution < -0.4 is 20.5 Å². The van der Waals surface area contributed by atoms with Crippen LogP contribution in [0.15, 0.2) is 40.9 Å². The smallest absolute Gasteiger partial charge is 0.255 e. The topological polar surface area (TPSA) is 73.6 Å². The quantitative estimate of drug-likeness (QED) is 0.829. The van der Waals surface area contributed by atoms with Gasteiger partial charge in [-0.25, -0.2) is 0 Å². The van der Waals surface area contributed by atoms with Crippen molar-refractivity contribution in [3.05, 3.63) is 46.4 Å². The van der Waals surface area contributed by atoms with Crippen LogP contribution in [0.4, 0.5) is 11.4 Å². The Labute approximate surface area is 131 Å². The molecule has 0 saturated carbocycles. The lowest BCUT2D eigenvalue weighted by molar-refractivity contribution is 0.102. The lowest BCUT2D eigenvalue weighted by atomic mass is 10.1. The van der Waals surface area contributed by atoms with Crippen LogP contribution in [0.1, 0.15) is 10.4 Å². The fourth-order valence-electron chi connectivity index (χ4n) is 1.80. The number of nitrogen functional groups attached to an aromatic ring is 1. The maximum Gasteiger partial charge on any atom is 0.255 e. The molecule has 0 heterocycles. The van der Waals surface area contributed by atoms with E-state index in [4.69, 9.17) is 15.2 Å². The molecule has 0 unspecified atom stereocenters. The Morgan fingerprint density at radius 1 is 1.10 bits per heavy atom. The van der Waals surface area contributed by atoms with Crippen molar-refractivity contribution in [1.29, 1.82) is 0 Å². The standard InChI is InChI=1S/C15H15BrN2O3/c1-20-13-6-3-9(7-14(13)21-2)15(19)18-10-4-5-11(16)12(17)8-10/h3-8H,17H2,1-2H3,(H,18,19). The minimum atomic E-state index is -0.252. The molecule has 0 spiro atoms. The maximum atomic E-state index is 12.2. The molecule has 0 saturated heterocycles. The summed E-state index contributed by atoms with van der Waals surface area (Å²) in [4.78, 5) is 12.2. The highest BCUT2D eigenvalue weighted by atomic mass is 79.9. The summed E-state index contributed by atoms with van der Waals surface area (Å²) >= 11 is 3.31. The van der Waals surface area contributed by atoms with E-state index in [9.17, 15) is 4.79 Å². The van der Waals surface area contributed by atoms with Crippen LogP contribution >= 0.6 is 15.9 Å². The van der Waals surface area contributed by atoms with E-state index < -0.39 is 0 Å². The van der Waals surface area contributed by atoms with E-state index in [-0.39, 0.29) is 5.91 Å². The van der Waals surface area contributed by atoms with E-state index >= 15 is 0 Å². The monoisotopic (exact) mass is 350 g/mol. The molecule has 3 N–H and O–H groups in total. The lowest BCUT2D eigenvalue weighted by Gasteiger charge is -2.10. The molecule has 6 heteroatoms. The number of halogens is 1. The number of nitrogens with one attached hydrogen (secondary N) is 1. The molecule has 2 aromatic carbocycles. The van der Waals surface area contributed by atoms with E-state index in [2.05, 4.69) is 21.2 Å². The number of nitrogens with two attached hydrogens (primary N) is 1. The van der Waals surface area contributed by atoms with Gasteiger partial charge in [0.15, 0.2) is 11.5 Å². The summed E-state index contributed by atoms with van der Waals surface area (Å²) in [5.74, 6) is 0.820. The van der Waals surface area contributed by atoms with Crippen LogP contribution in [0.25, 0.3) is 0 Å². The summed E-state index contributed by atoms with van der Waals surface area (Å²) in [5, 5.41) is 2.78. The fraction of sp³-hybridized carbons (Fsp3) is 0.133. The molecule has 0 atom stereocenters. The third-order valence-electron chi connectivity index (χ3n) is 2.90. The summed E-state index contributed by atoms with van der Waals surface area (Å²) in [6.45, 7) is 0. The third-order valence-corrected chi connectivity index (χ3v) is 3.62. The summed E-state index contributed by atoms with van der Waals surface area (Å²) in [5.41, 5.74) is 7.43. The molecule has 0 radical (unpaired) electrons. The van der Waals surface area contributed by atoms with Crippen LogP contribution in [0.3, 0.4) is 0 Å². The van der Waals surface area contributed by atoms with Crippen molar-refractivity contribution in [3.63, 3.8) is 0 Å². The summed E-state index contributed by atoms with van der Waals surface area (Å²) < 4.78 is 11.1. The molecular formula is C15H15BrN2O3. The predicted octanol–water partition coefficient (Wildman–Crippen LogP) is 3.30. The first-order chi connectivity index (χ1) is 10.0. The zero-order valence-corrected chi connectivity index (χ0v) is 13.2. The molecule has 2 rings (SSSR count).